The van der Waals surface area contributed by atoms with Gasteiger partial charge in [-0.3, -0.25) is 34.0 Å². The molecule has 3 amide bonds. The zero-order valence-corrected chi connectivity index (χ0v) is 46.3. The van der Waals surface area contributed by atoms with E-state index in [0.717, 1.165) is 71.4 Å². The smallest absolute Gasteiger partial charge is 0.319 e. The fourth-order valence-corrected chi connectivity index (χ4v) is 13.5. The summed E-state index contributed by atoms with van der Waals surface area (Å²) in [6.45, 7) is 12.3. The van der Waals surface area contributed by atoms with Crippen molar-refractivity contribution in [3.05, 3.63) is 94.5 Å². The van der Waals surface area contributed by atoms with E-state index < -0.39 is 35.3 Å². The maximum absolute atomic E-state index is 17.1. The van der Waals surface area contributed by atoms with Crippen molar-refractivity contribution in [3.63, 3.8) is 0 Å². The number of aryl methyl sites for hydroxylation is 1. The Balaban J connectivity index is 0.724. The number of ether oxygens (including phenoxy) is 2. The predicted octanol–water partition coefficient (Wildman–Crippen LogP) is 7.16. The molecule has 20 heteroatoms. The second-order valence-electron chi connectivity index (χ2n) is 22.9. The van der Waals surface area contributed by atoms with Crippen LogP contribution in [-0.2, 0) is 30.5 Å². The van der Waals surface area contributed by atoms with Crippen molar-refractivity contribution < 1.29 is 33.0 Å². The van der Waals surface area contributed by atoms with Gasteiger partial charge >= 0.3 is 6.01 Å². The Morgan fingerprint density at radius 1 is 0.936 bits per heavy atom. The molecule has 2 unspecified atom stereocenters. The summed E-state index contributed by atoms with van der Waals surface area (Å²) in [5, 5.41) is 12.4. The number of anilines is 1. The van der Waals surface area contributed by atoms with Crippen LogP contribution in [-0.4, -0.2) is 154 Å². The summed E-state index contributed by atoms with van der Waals surface area (Å²) in [6, 6.07) is 18.3. The summed E-state index contributed by atoms with van der Waals surface area (Å²) < 4.78 is 28.9. The molecule has 78 heavy (non-hydrogen) atoms. The van der Waals surface area contributed by atoms with E-state index >= 15 is 4.39 Å². The van der Waals surface area contributed by atoms with Crippen molar-refractivity contribution in [2.75, 3.05) is 57.8 Å². The molecule has 3 N–H and O–H groups in total. The Labute approximate surface area is 462 Å². The van der Waals surface area contributed by atoms with Crippen LogP contribution in [0.3, 0.4) is 0 Å². The van der Waals surface area contributed by atoms with E-state index in [4.69, 9.17) is 36.0 Å². The Morgan fingerprint density at radius 2 is 1.68 bits per heavy atom. The Kier molecular flexibility index (Phi) is 15.4. The molecule has 3 aromatic carbocycles. The fourth-order valence-electron chi connectivity index (χ4n) is 12.4. The zero-order chi connectivity index (χ0) is 54.4. The number of pyridine rings is 1. The number of halogens is 2. The summed E-state index contributed by atoms with van der Waals surface area (Å²) in [6.07, 6.45) is 5.35. The van der Waals surface area contributed by atoms with Gasteiger partial charge in [0.25, 0.3) is 6.47 Å². The standard InChI is InChI=1S/C58H67ClFN11O6S/c1-33-51(78-31-63-33)36-14-12-34(13-15-36)24-62-55(74)46-23-42(77-32-72)29-71(46)56(75)52(58(2,3)4)66-54(73)37-18-20-69(21-19-37)40-22-41(68(5)28-40)30-76-57-65-50-44(53(67-57)70-26-38-16-17-39(27-70)64-38)25-61-49(48(50)60)43-10-6-8-35-9-7-11-45(59)47(35)43/h6-15,25,31-32,37-42,46,52,64H,16-24,26-30H2,1-5H3,(H,62,74)(H,66,73)/t38?,39?,40-,41-,42+,46-,52+/m0/s1. The highest BCUT2D eigenvalue weighted by atomic mass is 35.5. The molecule has 0 spiro atoms. The number of piperazine rings is 1. The number of benzene rings is 3. The average Bonchev–Trinajstić information content (AvgIpc) is 4.29. The Bertz CT molecular complexity index is 3210. The molecule has 6 aromatic rings. The van der Waals surface area contributed by atoms with Gasteiger partial charge < -0.3 is 35.2 Å². The first-order chi connectivity index (χ1) is 37.6. The molecule has 3 aromatic heterocycles. The van der Waals surface area contributed by atoms with Crippen LogP contribution in [0.4, 0.5) is 10.2 Å². The number of carbonyl (C=O) groups is 4. The molecular formula is C58H67ClFN11O6S. The number of thiazole rings is 1. The highest BCUT2D eigenvalue weighted by Gasteiger charge is 2.47. The number of likely N-dealkylation sites (tertiary alicyclic amines) is 3. The van der Waals surface area contributed by atoms with Crippen molar-refractivity contribution in [2.24, 2.45) is 11.3 Å². The molecule has 2 bridgehead atoms. The van der Waals surface area contributed by atoms with Crippen LogP contribution in [0.25, 0.3) is 43.4 Å². The molecule has 17 nitrogen and oxygen atoms in total. The minimum absolute atomic E-state index is 0.0292. The van der Waals surface area contributed by atoms with E-state index in [1.165, 1.54) is 4.90 Å². The van der Waals surface area contributed by atoms with E-state index in [1.807, 2.05) is 87.8 Å². The van der Waals surface area contributed by atoms with Crippen LogP contribution in [0.5, 0.6) is 6.01 Å². The van der Waals surface area contributed by atoms with Gasteiger partial charge in [-0.25, -0.2) is 9.37 Å². The van der Waals surface area contributed by atoms with Gasteiger partial charge in [0.2, 0.25) is 17.7 Å². The minimum atomic E-state index is -0.937. The lowest BCUT2D eigenvalue weighted by atomic mass is 9.84. The number of hydrogen-bond donors (Lipinski definition) is 3. The number of aromatic nitrogens is 4. The van der Waals surface area contributed by atoms with Crippen molar-refractivity contribution >= 4 is 74.6 Å². The van der Waals surface area contributed by atoms with Crippen LogP contribution in [0, 0.1) is 24.1 Å². The third-order valence-electron chi connectivity index (χ3n) is 16.7. The van der Waals surface area contributed by atoms with Crippen LogP contribution in [0.2, 0.25) is 5.02 Å². The molecule has 7 atom stereocenters. The predicted molar refractivity (Wildman–Crippen MR) is 299 cm³/mol. The van der Waals surface area contributed by atoms with Gasteiger partial charge in [0, 0.05) is 84.9 Å². The number of piperidine rings is 1. The first-order valence-corrected chi connectivity index (χ1v) is 28.4. The van der Waals surface area contributed by atoms with Gasteiger partial charge in [0.05, 0.1) is 28.0 Å². The quantitative estimate of drug-likeness (QED) is 0.0880. The van der Waals surface area contributed by atoms with E-state index in [-0.39, 0.29) is 66.5 Å². The monoisotopic (exact) mass is 1100 g/mol. The first-order valence-electron chi connectivity index (χ1n) is 27.2. The SMILES string of the molecule is Cc1ncsc1-c1ccc(CNC(=O)[C@@H]2C[C@@H](OC=O)CN2C(=O)[C@@H](NC(=O)C2CCN([C@H]3C[C@@H](COc4nc(N5CC6CCC(C5)N6)c5cnc(-c6cccc7cccc(Cl)c67)c(F)c5n4)N(C)C3)CC2)C(C)(C)C)cc1. The second-order valence-corrected chi connectivity index (χ2v) is 24.2. The molecule has 11 rings (SSSR count). The molecule has 410 valence electrons. The van der Waals surface area contributed by atoms with Gasteiger partial charge in [-0.1, -0.05) is 87.0 Å². The minimum Gasteiger partial charge on any atom is -0.463 e. The van der Waals surface area contributed by atoms with Gasteiger partial charge in [-0.2, -0.15) is 9.97 Å². The first kappa shape index (κ1) is 53.6. The van der Waals surface area contributed by atoms with E-state index in [2.05, 4.69) is 42.7 Å². The Hall–Kier alpha value is -6.38. The second kappa shape index (κ2) is 22.4. The zero-order valence-electron chi connectivity index (χ0n) is 44.7. The Morgan fingerprint density at radius 3 is 2.38 bits per heavy atom. The number of hydrogen-bond acceptors (Lipinski definition) is 15. The third-order valence-corrected chi connectivity index (χ3v) is 18.0. The molecule has 5 aliphatic rings. The largest absolute Gasteiger partial charge is 0.463 e. The van der Waals surface area contributed by atoms with Crippen molar-refractivity contribution in [1.82, 2.24) is 50.6 Å². The highest BCUT2D eigenvalue weighted by molar-refractivity contribution is 7.13. The molecule has 8 heterocycles. The number of nitrogens with zero attached hydrogens (tertiary/aromatic N) is 8. The number of fused-ring (bicyclic) bond motifs is 4. The lowest BCUT2D eigenvalue weighted by Crippen LogP contribution is -2.59. The van der Waals surface area contributed by atoms with Crippen molar-refractivity contribution in [1.29, 1.82) is 0 Å². The molecular weight excluding hydrogens is 1030 g/mol. The molecule has 0 aliphatic carbocycles. The number of rotatable bonds is 15. The van der Waals surface area contributed by atoms with Crippen LogP contribution in [0.1, 0.15) is 70.6 Å². The maximum atomic E-state index is 17.1. The third kappa shape index (κ3) is 11.0. The van der Waals surface area contributed by atoms with Crippen LogP contribution in [0.15, 0.2) is 72.4 Å². The maximum Gasteiger partial charge on any atom is 0.319 e. The van der Waals surface area contributed by atoms with Crippen molar-refractivity contribution in [2.45, 2.75) is 115 Å². The van der Waals surface area contributed by atoms with Gasteiger partial charge in [-0.15, -0.1) is 11.3 Å². The molecule has 0 radical (unpaired) electrons. The number of carbonyl (C=O) groups excluding carboxylic acids is 4. The lowest BCUT2D eigenvalue weighted by Gasteiger charge is -2.38. The highest BCUT2D eigenvalue weighted by Crippen LogP contribution is 2.39. The van der Waals surface area contributed by atoms with E-state index in [1.54, 1.807) is 23.6 Å². The topological polar surface area (TPSA) is 187 Å². The summed E-state index contributed by atoms with van der Waals surface area (Å²) in [5.74, 6) is -1.21. The summed E-state index contributed by atoms with van der Waals surface area (Å²) in [4.78, 5) is 82.4. The van der Waals surface area contributed by atoms with Crippen LogP contribution < -0.4 is 25.6 Å². The van der Waals surface area contributed by atoms with Gasteiger partial charge in [0.15, 0.2) is 5.82 Å². The molecule has 5 fully saturated rings. The fraction of sp³-hybridized carbons (Fsp3) is 0.483. The summed E-state index contributed by atoms with van der Waals surface area (Å²) in [7, 11) is 2.08. The average molecular weight is 1100 g/mol. The number of amides is 3. The summed E-state index contributed by atoms with van der Waals surface area (Å²) in [5.41, 5.74) is 4.90. The molecule has 5 saturated heterocycles. The number of nitrogens with one attached hydrogen (secondary N) is 3. The van der Waals surface area contributed by atoms with E-state index in [0.29, 0.717) is 72.9 Å². The van der Waals surface area contributed by atoms with Crippen molar-refractivity contribution in [3.8, 4) is 27.7 Å². The van der Waals surface area contributed by atoms with Crippen LogP contribution >= 0.6 is 22.9 Å². The van der Waals surface area contributed by atoms with Gasteiger partial charge in [0.1, 0.15) is 41.8 Å². The molecule has 0 saturated carbocycles. The summed E-state index contributed by atoms with van der Waals surface area (Å²) >= 11 is 8.28. The number of likely N-dealkylation sites (N-methyl/N-ethyl adjacent to an activating group) is 1. The normalized spacial score (nSPS) is 23.5. The van der Waals surface area contributed by atoms with Gasteiger partial charge in [-0.05, 0) is 87.2 Å². The molecule has 5 aliphatic heterocycles. The lowest BCUT2D eigenvalue weighted by molar-refractivity contribution is -0.145. The van der Waals surface area contributed by atoms with E-state index in [9.17, 15) is 19.2 Å².